The fourth-order valence-electron chi connectivity index (χ4n) is 2.45. The summed E-state index contributed by atoms with van der Waals surface area (Å²) in [6.07, 6.45) is 3.02. The molecule has 0 amide bonds. The average Bonchev–Trinajstić information content (AvgIpc) is 2.61. The Morgan fingerprint density at radius 1 is 0.875 bits per heavy atom. The molecule has 118 valence electrons. The molecule has 0 atom stereocenters. The highest BCUT2D eigenvalue weighted by Crippen LogP contribution is 2.19. The van der Waals surface area contributed by atoms with Gasteiger partial charge in [-0.05, 0) is 35.0 Å². The minimum Gasteiger partial charge on any atom is -0.478 e. The largest absolute Gasteiger partial charge is 0.478 e. The molecule has 0 aliphatic carbocycles. The number of fused-ring (bicyclic) bond motifs is 1. The Kier molecular flexibility index (Phi) is 4.38. The van der Waals surface area contributed by atoms with E-state index in [0.717, 1.165) is 10.8 Å². The second-order valence-corrected chi connectivity index (χ2v) is 5.25. The van der Waals surface area contributed by atoms with Gasteiger partial charge in [-0.25, -0.2) is 4.79 Å². The van der Waals surface area contributed by atoms with E-state index in [-0.39, 0.29) is 11.3 Å². The quantitative estimate of drug-likeness (QED) is 0.542. The van der Waals surface area contributed by atoms with Gasteiger partial charge in [-0.2, -0.15) is 0 Å². The lowest BCUT2D eigenvalue weighted by molar-refractivity contribution is 0.0696. The second-order valence-electron chi connectivity index (χ2n) is 5.25. The highest BCUT2D eigenvalue weighted by molar-refractivity contribution is 6.13. The summed E-state index contributed by atoms with van der Waals surface area (Å²) in [6, 6.07) is 19.7. The summed E-state index contributed by atoms with van der Waals surface area (Å²) in [4.78, 5) is 23.2. The number of carboxylic acid groups (broad SMARTS) is 1. The SMILES string of the molecule is O=C(O)c1ccc(N/C=C/C(=O)c2cccc3ccccc23)cc1. The number of benzene rings is 3. The van der Waals surface area contributed by atoms with Gasteiger partial charge in [-0.3, -0.25) is 4.79 Å². The predicted molar refractivity (Wildman–Crippen MR) is 94.4 cm³/mol. The van der Waals surface area contributed by atoms with Crippen LogP contribution in [0.3, 0.4) is 0 Å². The van der Waals surface area contributed by atoms with Gasteiger partial charge in [0.15, 0.2) is 5.78 Å². The van der Waals surface area contributed by atoms with Crippen LogP contribution >= 0.6 is 0 Å². The molecule has 0 heterocycles. The van der Waals surface area contributed by atoms with E-state index in [1.165, 1.54) is 18.2 Å². The third-order valence-electron chi connectivity index (χ3n) is 3.67. The highest BCUT2D eigenvalue weighted by atomic mass is 16.4. The van der Waals surface area contributed by atoms with Gasteiger partial charge < -0.3 is 10.4 Å². The van der Waals surface area contributed by atoms with E-state index in [1.807, 2.05) is 36.4 Å². The Morgan fingerprint density at radius 3 is 2.33 bits per heavy atom. The number of hydrogen-bond donors (Lipinski definition) is 2. The van der Waals surface area contributed by atoms with E-state index in [0.29, 0.717) is 11.3 Å². The number of anilines is 1. The first-order chi connectivity index (χ1) is 11.6. The average molecular weight is 317 g/mol. The van der Waals surface area contributed by atoms with E-state index in [9.17, 15) is 9.59 Å². The lowest BCUT2D eigenvalue weighted by Crippen LogP contribution is -1.98. The molecule has 0 unspecified atom stereocenters. The number of nitrogens with one attached hydrogen (secondary N) is 1. The van der Waals surface area contributed by atoms with Gasteiger partial charge in [-0.15, -0.1) is 0 Å². The first-order valence-electron chi connectivity index (χ1n) is 7.44. The standard InChI is InChI=1S/C20H15NO3/c22-19(18-7-3-5-14-4-1-2-6-17(14)18)12-13-21-16-10-8-15(9-11-16)20(23)24/h1-13,21H,(H,23,24)/b13-12+. The summed E-state index contributed by atoms with van der Waals surface area (Å²) in [5.74, 6) is -1.07. The fourth-order valence-corrected chi connectivity index (χ4v) is 2.45. The first-order valence-corrected chi connectivity index (χ1v) is 7.44. The number of carbonyl (C=O) groups excluding carboxylic acids is 1. The zero-order valence-corrected chi connectivity index (χ0v) is 12.8. The van der Waals surface area contributed by atoms with Crippen LogP contribution in [0.1, 0.15) is 20.7 Å². The fraction of sp³-hybridized carbons (Fsp3) is 0. The zero-order valence-electron chi connectivity index (χ0n) is 12.8. The molecule has 0 aliphatic heterocycles. The third kappa shape index (κ3) is 3.33. The maximum Gasteiger partial charge on any atom is 0.335 e. The van der Waals surface area contributed by atoms with Gasteiger partial charge >= 0.3 is 5.97 Å². The molecule has 3 rings (SSSR count). The number of aromatic carboxylic acids is 1. The number of allylic oxidation sites excluding steroid dienone is 1. The van der Waals surface area contributed by atoms with Crippen LogP contribution in [-0.4, -0.2) is 16.9 Å². The molecule has 0 aromatic heterocycles. The Morgan fingerprint density at radius 2 is 1.58 bits per heavy atom. The van der Waals surface area contributed by atoms with Crippen LogP contribution in [0.25, 0.3) is 10.8 Å². The molecule has 3 aromatic rings. The Balaban J connectivity index is 1.74. The molecule has 0 saturated carbocycles. The van der Waals surface area contributed by atoms with Crippen molar-refractivity contribution >= 4 is 28.2 Å². The maximum absolute atomic E-state index is 12.4. The van der Waals surface area contributed by atoms with Gasteiger partial charge in [0.2, 0.25) is 0 Å². The highest BCUT2D eigenvalue weighted by Gasteiger charge is 2.06. The Hall–Kier alpha value is -3.40. The van der Waals surface area contributed by atoms with Crippen molar-refractivity contribution in [2.45, 2.75) is 0 Å². The van der Waals surface area contributed by atoms with E-state index >= 15 is 0 Å². The van der Waals surface area contributed by atoms with Crippen molar-refractivity contribution in [2.24, 2.45) is 0 Å². The van der Waals surface area contributed by atoms with Crippen LogP contribution in [-0.2, 0) is 0 Å². The van der Waals surface area contributed by atoms with Crippen molar-refractivity contribution in [1.29, 1.82) is 0 Å². The van der Waals surface area contributed by atoms with Crippen LogP contribution in [0.15, 0.2) is 79.0 Å². The van der Waals surface area contributed by atoms with Crippen molar-refractivity contribution in [2.75, 3.05) is 5.32 Å². The molecule has 4 nitrogen and oxygen atoms in total. The lowest BCUT2D eigenvalue weighted by Gasteiger charge is -2.04. The molecule has 4 heteroatoms. The maximum atomic E-state index is 12.4. The van der Waals surface area contributed by atoms with Crippen LogP contribution in [0.5, 0.6) is 0 Å². The third-order valence-corrected chi connectivity index (χ3v) is 3.67. The number of carbonyl (C=O) groups is 2. The molecule has 0 radical (unpaired) electrons. The molecule has 0 bridgehead atoms. The summed E-state index contributed by atoms with van der Waals surface area (Å²) in [7, 11) is 0. The van der Waals surface area contributed by atoms with Crippen molar-refractivity contribution in [3.63, 3.8) is 0 Å². The van der Waals surface area contributed by atoms with Crippen LogP contribution in [0, 0.1) is 0 Å². The summed E-state index contributed by atoms with van der Waals surface area (Å²) in [5.41, 5.74) is 1.57. The van der Waals surface area contributed by atoms with E-state index in [4.69, 9.17) is 5.11 Å². The van der Waals surface area contributed by atoms with Gasteiger partial charge in [0.1, 0.15) is 0 Å². The van der Waals surface area contributed by atoms with Crippen LogP contribution in [0.2, 0.25) is 0 Å². The van der Waals surface area contributed by atoms with Crippen molar-refractivity contribution in [3.05, 3.63) is 90.1 Å². The summed E-state index contributed by atoms with van der Waals surface area (Å²) >= 11 is 0. The zero-order chi connectivity index (χ0) is 16.9. The van der Waals surface area contributed by atoms with Crippen LogP contribution in [0.4, 0.5) is 5.69 Å². The van der Waals surface area contributed by atoms with Crippen molar-refractivity contribution in [3.8, 4) is 0 Å². The molecule has 0 saturated heterocycles. The Bertz CT molecular complexity index is 922. The number of rotatable bonds is 5. The monoisotopic (exact) mass is 317 g/mol. The molecule has 24 heavy (non-hydrogen) atoms. The first kappa shape index (κ1) is 15.5. The van der Waals surface area contributed by atoms with E-state index in [2.05, 4.69) is 5.32 Å². The molecular weight excluding hydrogens is 302 g/mol. The van der Waals surface area contributed by atoms with E-state index < -0.39 is 5.97 Å². The number of ketones is 1. The molecule has 0 fully saturated rings. The summed E-state index contributed by atoms with van der Waals surface area (Å²) < 4.78 is 0. The minimum atomic E-state index is -0.969. The summed E-state index contributed by atoms with van der Waals surface area (Å²) in [6.45, 7) is 0. The molecule has 3 aromatic carbocycles. The van der Waals surface area contributed by atoms with Gasteiger partial charge in [0.25, 0.3) is 0 Å². The molecule has 0 aliphatic rings. The van der Waals surface area contributed by atoms with Gasteiger partial charge in [0.05, 0.1) is 5.56 Å². The smallest absolute Gasteiger partial charge is 0.335 e. The predicted octanol–water partition coefficient (Wildman–Crippen LogP) is 4.35. The molecule has 2 N–H and O–H groups in total. The van der Waals surface area contributed by atoms with Crippen molar-refractivity contribution in [1.82, 2.24) is 0 Å². The lowest BCUT2D eigenvalue weighted by atomic mass is 10.0. The minimum absolute atomic E-state index is 0.0959. The van der Waals surface area contributed by atoms with Gasteiger partial charge in [0, 0.05) is 23.5 Å². The van der Waals surface area contributed by atoms with E-state index in [1.54, 1.807) is 24.4 Å². The van der Waals surface area contributed by atoms with Crippen molar-refractivity contribution < 1.29 is 14.7 Å². The summed E-state index contributed by atoms with van der Waals surface area (Å²) in [5, 5.41) is 13.8. The second kappa shape index (κ2) is 6.79. The molecular formula is C20H15NO3. The van der Waals surface area contributed by atoms with Gasteiger partial charge in [-0.1, -0.05) is 42.5 Å². The van der Waals surface area contributed by atoms with Crippen LogP contribution < -0.4 is 5.32 Å². The number of carboxylic acids is 1. The number of hydrogen-bond acceptors (Lipinski definition) is 3. The topological polar surface area (TPSA) is 66.4 Å². The molecule has 0 spiro atoms. The normalized spacial score (nSPS) is 10.8. The Labute approximate surface area is 139 Å².